The minimum absolute atomic E-state index is 0.131. The molecule has 0 unspecified atom stereocenters. The molecular weight excluding hydrogens is 482 g/mol. The zero-order valence-electron chi connectivity index (χ0n) is 19.3. The summed E-state index contributed by atoms with van der Waals surface area (Å²) in [5.74, 6) is -0.352. The summed E-state index contributed by atoms with van der Waals surface area (Å²) in [5, 5.41) is 20.0. The summed E-state index contributed by atoms with van der Waals surface area (Å²) in [6, 6.07) is 22.2. The van der Waals surface area contributed by atoms with Crippen molar-refractivity contribution in [3.63, 3.8) is 0 Å². The van der Waals surface area contributed by atoms with E-state index in [-0.39, 0.29) is 11.6 Å². The fourth-order valence-corrected chi connectivity index (χ4v) is 4.45. The number of carbonyl (C=O) groups is 2. The molecule has 1 heterocycles. The number of carbonyl (C=O) groups excluding carboxylic acids is 1. The number of nitrogens with zero attached hydrogens (tertiary/aromatic N) is 2. The van der Waals surface area contributed by atoms with Crippen molar-refractivity contribution in [1.29, 1.82) is 0 Å². The first-order valence-electron chi connectivity index (χ1n) is 11.4. The smallest absolute Gasteiger partial charge is 0.413 e. The molecule has 9 heteroatoms. The first-order valence-corrected chi connectivity index (χ1v) is 11.7. The molecule has 182 valence electrons. The fraction of sp³-hybridized carbons (Fsp3) is 0.185. The molecule has 8 nitrogen and oxygen atoms in total. The van der Waals surface area contributed by atoms with Crippen LogP contribution in [-0.2, 0) is 14.9 Å². The van der Waals surface area contributed by atoms with Gasteiger partial charge in [0.05, 0.1) is 5.41 Å². The number of aromatic nitrogens is 2. The van der Waals surface area contributed by atoms with E-state index in [1.54, 1.807) is 25.1 Å². The summed E-state index contributed by atoms with van der Waals surface area (Å²) in [6.07, 6.45) is 0.0540. The number of carboxylic acid groups (broad SMARTS) is 1. The minimum atomic E-state index is -0.771. The lowest BCUT2D eigenvalue weighted by Gasteiger charge is -2.14. The molecule has 1 fully saturated rings. The van der Waals surface area contributed by atoms with Crippen LogP contribution < -0.4 is 5.32 Å². The molecule has 0 spiro atoms. The molecule has 0 aliphatic heterocycles. The standard InChI is InChI=1S/C27H22ClN3O5/c1-16(21-4-2-3-5-22(21)28)35-26(34)29-24-23(36-31-30-24)19-8-6-17(7-9-19)18-10-12-20(13-11-18)27(14-15-27)25(32)33/h2-13,16H,14-15H2,1H3,(H,29,34)(H,32,33)/t16-/m1/s1. The van der Waals surface area contributed by atoms with Gasteiger partial charge in [-0.25, -0.2) is 4.79 Å². The number of benzene rings is 3. The van der Waals surface area contributed by atoms with E-state index in [1.165, 1.54) is 0 Å². The van der Waals surface area contributed by atoms with Crippen LogP contribution in [0.3, 0.4) is 0 Å². The Hall–Kier alpha value is -4.17. The van der Waals surface area contributed by atoms with Gasteiger partial charge in [0.25, 0.3) is 0 Å². The number of hydrogen-bond acceptors (Lipinski definition) is 6. The first-order chi connectivity index (χ1) is 17.4. The highest BCUT2D eigenvalue weighted by Gasteiger charge is 2.51. The molecule has 1 aliphatic rings. The Balaban J connectivity index is 1.27. The summed E-state index contributed by atoms with van der Waals surface area (Å²) in [5.41, 5.74) is 3.36. The van der Waals surface area contributed by atoms with E-state index < -0.39 is 23.6 Å². The number of nitrogens with one attached hydrogen (secondary N) is 1. The monoisotopic (exact) mass is 503 g/mol. The lowest BCUT2D eigenvalue weighted by molar-refractivity contribution is -0.140. The van der Waals surface area contributed by atoms with Gasteiger partial charge in [-0.1, -0.05) is 83.4 Å². The van der Waals surface area contributed by atoms with Gasteiger partial charge in [0.2, 0.25) is 11.6 Å². The Morgan fingerprint density at radius 2 is 1.61 bits per heavy atom. The molecule has 1 aliphatic carbocycles. The summed E-state index contributed by atoms with van der Waals surface area (Å²) in [4.78, 5) is 24.0. The molecule has 2 N–H and O–H groups in total. The third kappa shape index (κ3) is 4.55. The van der Waals surface area contributed by atoms with Crippen LogP contribution in [0.1, 0.15) is 37.0 Å². The summed E-state index contributed by atoms with van der Waals surface area (Å²) in [7, 11) is 0. The van der Waals surface area contributed by atoms with E-state index in [1.807, 2.05) is 54.6 Å². The van der Waals surface area contributed by atoms with Gasteiger partial charge in [-0.05, 0) is 42.5 Å². The zero-order chi connectivity index (χ0) is 25.3. The largest absolute Gasteiger partial charge is 0.481 e. The number of ether oxygens (including phenoxy) is 1. The highest BCUT2D eigenvalue weighted by Crippen LogP contribution is 2.48. The summed E-state index contributed by atoms with van der Waals surface area (Å²) < 4.78 is 10.7. The number of rotatable bonds is 7. The molecule has 5 rings (SSSR count). The Morgan fingerprint density at radius 3 is 2.22 bits per heavy atom. The van der Waals surface area contributed by atoms with Crippen molar-refractivity contribution in [3.05, 3.63) is 88.9 Å². The van der Waals surface area contributed by atoms with Crippen molar-refractivity contribution >= 4 is 29.5 Å². The van der Waals surface area contributed by atoms with Crippen molar-refractivity contribution in [2.45, 2.75) is 31.3 Å². The fourth-order valence-electron chi connectivity index (χ4n) is 4.16. The van der Waals surface area contributed by atoms with Gasteiger partial charge >= 0.3 is 12.1 Å². The third-order valence-electron chi connectivity index (χ3n) is 6.41. The molecule has 1 saturated carbocycles. The van der Waals surface area contributed by atoms with Crippen LogP contribution in [0, 0.1) is 0 Å². The maximum Gasteiger partial charge on any atom is 0.413 e. The van der Waals surface area contributed by atoms with Crippen molar-refractivity contribution in [1.82, 2.24) is 10.4 Å². The first kappa shape index (κ1) is 23.6. The van der Waals surface area contributed by atoms with E-state index >= 15 is 0 Å². The van der Waals surface area contributed by atoms with Gasteiger partial charge in [-0.2, -0.15) is 0 Å². The Kier molecular flexibility index (Phi) is 6.20. The number of amides is 1. The molecular formula is C27H22ClN3O5. The second kappa shape index (κ2) is 9.47. The number of aliphatic carboxylic acids is 1. The maximum absolute atomic E-state index is 12.5. The molecule has 0 bridgehead atoms. The van der Waals surface area contributed by atoms with E-state index in [4.69, 9.17) is 20.9 Å². The highest BCUT2D eigenvalue weighted by molar-refractivity contribution is 6.31. The molecule has 1 aromatic heterocycles. The molecule has 36 heavy (non-hydrogen) atoms. The van der Waals surface area contributed by atoms with Gasteiger partial charge in [0, 0.05) is 21.4 Å². The van der Waals surface area contributed by atoms with E-state index in [0.717, 1.165) is 16.7 Å². The molecule has 1 atom stereocenters. The predicted octanol–water partition coefficient (Wildman–Crippen LogP) is 6.48. The number of anilines is 1. The lowest BCUT2D eigenvalue weighted by atomic mass is 9.93. The Labute approximate surface area is 211 Å². The minimum Gasteiger partial charge on any atom is -0.481 e. The van der Waals surface area contributed by atoms with Crippen molar-refractivity contribution in [3.8, 4) is 22.5 Å². The molecule has 3 aromatic carbocycles. The van der Waals surface area contributed by atoms with Crippen molar-refractivity contribution < 1.29 is 24.0 Å². The van der Waals surface area contributed by atoms with E-state index in [2.05, 4.69) is 15.7 Å². The normalized spacial score (nSPS) is 14.6. The second-order valence-corrected chi connectivity index (χ2v) is 9.09. The Morgan fingerprint density at radius 1 is 1.00 bits per heavy atom. The molecule has 0 saturated heterocycles. The van der Waals surface area contributed by atoms with Gasteiger partial charge in [0.1, 0.15) is 6.10 Å². The average Bonchev–Trinajstić information content (AvgIpc) is 3.58. The van der Waals surface area contributed by atoms with Gasteiger partial charge in [-0.15, -0.1) is 0 Å². The van der Waals surface area contributed by atoms with Crippen molar-refractivity contribution in [2.75, 3.05) is 5.32 Å². The highest BCUT2D eigenvalue weighted by atomic mass is 35.5. The number of hydrogen-bond donors (Lipinski definition) is 2. The van der Waals surface area contributed by atoms with Crippen LogP contribution in [0.5, 0.6) is 0 Å². The summed E-state index contributed by atoms with van der Waals surface area (Å²) >= 11 is 6.18. The molecule has 4 aromatic rings. The van der Waals surface area contributed by atoms with Gasteiger partial charge < -0.3 is 14.4 Å². The maximum atomic E-state index is 12.5. The lowest BCUT2D eigenvalue weighted by Crippen LogP contribution is -2.19. The molecule has 0 radical (unpaired) electrons. The number of carboxylic acids is 1. The van der Waals surface area contributed by atoms with E-state index in [9.17, 15) is 14.7 Å². The van der Waals surface area contributed by atoms with Crippen LogP contribution in [0.4, 0.5) is 10.6 Å². The quantitative estimate of drug-likeness (QED) is 0.296. The van der Waals surface area contributed by atoms with Crippen LogP contribution in [0.2, 0.25) is 5.02 Å². The van der Waals surface area contributed by atoms with Crippen LogP contribution >= 0.6 is 11.6 Å². The van der Waals surface area contributed by atoms with Gasteiger partial charge in [0.15, 0.2) is 0 Å². The topological polar surface area (TPSA) is 115 Å². The second-order valence-electron chi connectivity index (χ2n) is 8.69. The van der Waals surface area contributed by atoms with Crippen molar-refractivity contribution in [2.24, 2.45) is 0 Å². The SMILES string of the molecule is C[C@@H](OC(=O)Nc1nnoc1-c1ccc(-c2ccc(C3(C(=O)O)CC3)cc2)cc1)c1ccccc1Cl. The predicted molar refractivity (Wildman–Crippen MR) is 134 cm³/mol. The van der Waals surface area contributed by atoms with Crippen LogP contribution in [0.25, 0.3) is 22.5 Å². The Bertz CT molecular complexity index is 1410. The zero-order valence-corrected chi connectivity index (χ0v) is 20.0. The van der Waals surface area contributed by atoms with Crippen LogP contribution in [-0.4, -0.2) is 27.5 Å². The average molecular weight is 504 g/mol. The number of halogens is 1. The molecule has 1 amide bonds. The van der Waals surface area contributed by atoms with Gasteiger partial charge in [-0.3, -0.25) is 10.1 Å². The van der Waals surface area contributed by atoms with E-state index in [0.29, 0.717) is 29.0 Å². The van der Waals surface area contributed by atoms with Crippen LogP contribution in [0.15, 0.2) is 77.3 Å². The third-order valence-corrected chi connectivity index (χ3v) is 6.76. The summed E-state index contributed by atoms with van der Waals surface area (Å²) in [6.45, 7) is 1.72.